The van der Waals surface area contributed by atoms with Crippen LogP contribution in [-0.2, 0) is 0 Å². The number of hydrogen-bond acceptors (Lipinski definition) is 6. The second kappa shape index (κ2) is 8.50. The zero-order valence-electron chi connectivity index (χ0n) is 16.1. The Morgan fingerprint density at radius 1 is 1.13 bits per heavy atom. The van der Waals surface area contributed by atoms with Gasteiger partial charge >= 0.3 is 0 Å². The monoisotopic (exact) mass is 413 g/mol. The summed E-state index contributed by atoms with van der Waals surface area (Å²) in [6.07, 6.45) is 1.03. The molecule has 0 saturated carbocycles. The number of oxazole rings is 1. The molecule has 2 heterocycles. The van der Waals surface area contributed by atoms with Crippen molar-refractivity contribution in [3.05, 3.63) is 59.8 Å². The molecular weight excluding hydrogens is 392 g/mol. The van der Waals surface area contributed by atoms with E-state index in [1.54, 1.807) is 6.07 Å². The van der Waals surface area contributed by atoms with Crippen molar-refractivity contribution in [2.45, 2.75) is 6.42 Å². The van der Waals surface area contributed by atoms with Crippen molar-refractivity contribution in [1.29, 1.82) is 0 Å². The third kappa shape index (κ3) is 4.11. The molecule has 0 atom stereocenters. The van der Waals surface area contributed by atoms with Gasteiger partial charge in [-0.15, -0.1) is 0 Å². The summed E-state index contributed by atoms with van der Waals surface area (Å²) in [6, 6.07) is 10.9. The Morgan fingerprint density at radius 2 is 1.90 bits per heavy atom. The Labute approximate surface area is 171 Å². The molecule has 156 valence electrons. The molecule has 9 heteroatoms. The van der Waals surface area contributed by atoms with Crippen LogP contribution in [0.4, 0.5) is 26.0 Å². The molecule has 2 aromatic carbocycles. The lowest BCUT2D eigenvalue weighted by Gasteiger charge is -2.22. The highest BCUT2D eigenvalue weighted by Crippen LogP contribution is 2.32. The molecule has 4 rings (SSSR count). The summed E-state index contributed by atoms with van der Waals surface area (Å²) in [4.78, 5) is 18.0. The van der Waals surface area contributed by atoms with Gasteiger partial charge in [-0.1, -0.05) is 12.1 Å². The molecule has 1 saturated heterocycles. The molecule has 0 radical (unpaired) electrons. The number of hydrogen-bond donors (Lipinski definition) is 3. The van der Waals surface area contributed by atoms with Gasteiger partial charge in [-0.2, -0.15) is 0 Å². The fourth-order valence-corrected chi connectivity index (χ4v) is 3.40. The molecule has 0 aliphatic carbocycles. The van der Waals surface area contributed by atoms with E-state index in [2.05, 4.69) is 20.5 Å². The molecule has 1 aliphatic rings. The molecule has 0 bridgehead atoms. The minimum atomic E-state index is -0.876. The summed E-state index contributed by atoms with van der Waals surface area (Å²) < 4.78 is 33.7. The summed E-state index contributed by atoms with van der Waals surface area (Å²) in [5.74, 6) is -3.02. The van der Waals surface area contributed by atoms with E-state index in [1.807, 2.05) is 18.2 Å². The maximum Gasteiger partial charge on any atom is 0.273 e. The normalized spacial score (nSPS) is 14.4. The van der Waals surface area contributed by atoms with Crippen LogP contribution in [0.2, 0.25) is 0 Å². The highest BCUT2D eigenvalue weighted by molar-refractivity contribution is 5.96. The van der Waals surface area contributed by atoms with Gasteiger partial charge in [-0.05, 0) is 43.3 Å². The smallest absolute Gasteiger partial charge is 0.273 e. The largest absolute Gasteiger partial charge is 0.419 e. The van der Waals surface area contributed by atoms with E-state index in [-0.39, 0.29) is 17.5 Å². The van der Waals surface area contributed by atoms with E-state index in [1.165, 1.54) is 6.07 Å². The highest BCUT2D eigenvalue weighted by atomic mass is 19.1. The lowest BCUT2D eigenvalue weighted by molar-refractivity contribution is 0.0996. The first kappa shape index (κ1) is 19.8. The van der Waals surface area contributed by atoms with Crippen molar-refractivity contribution in [1.82, 2.24) is 10.3 Å². The minimum Gasteiger partial charge on any atom is -0.419 e. The number of carbonyl (C=O) groups is 1. The average Bonchev–Trinajstić information content (AvgIpc) is 2.94. The van der Waals surface area contributed by atoms with Crippen molar-refractivity contribution >= 4 is 23.2 Å². The second-order valence-electron chi connectivity index (χ2n) is 6.92. The van der Waals surface area contributed by atoms with Crippen LogP contribution in [0.1, 0.15) is 16.9 Å². The number of carbonyl (C=O) groups excluding carboxylic acids is 1. The maximum absolute atomic E-state index is 14.1. The minimum absolute atomic E-state index is 0.0742. The van der Waals surface area contributed by atoms with E-state index < -0.39 is 23.1 Å². The maximum atomic E-state index is 14.1. The fourth-order valence-electron chi connectivity index (χ4n) is 3.40. The first-order chi connectivity index (χ1) is 14.5. The van der Waals surface area contributed by atoms with Crippen LogP contribution < -0.4 is 21.3 Å². The van der Waals surface area contributed by atoms with Crippen LogP contribution in [0.5, 0.6) is 0 Å². The molecule has 0 spiro atoms. The third-order valence-corrected chi connectivity index (χ3v) is 4.85. The molecule has 3 aromatic rings. The van der Waals surface area contributed by atoms with Gasteiger partial charge in [0.15, 0.2) is 5.69 Å². The lowest BCUT2D eigenvalue weighted by atomic mass is 10.2. The zero-order chi connectivity index (χ0) is 21.1. The van der Waals surface area contributed by atoms with E-state index in [9.17, 15) is 13.6 Å². The number of benzene rings is 2. The number of amides is 1. The highest BCUT2D eigenvalue weighted by Gasteiger charge is 2.23. The molecular formula is C21H21F2N5O2. The molecule has 30 heavy (non-hydrogen) atoms. The van der Waals surface area contributed by atoms with Gasteiger partial charge in [-0.25, -0.2) is 13.8 Å². The van der Waals surface area contributed by atoms with Gasteiger partial charge in [-0.3, -0.25) is 4.79 Å². The van der Waals surface area contributed by atoms with Gasteiger partial charge in [0.05, 0.1) is 0 Å². The summed E-state index contributed by atoms with van der Waals surface area (Å²) in [5, 5.41) is 6.32. The van der Waals surface area contributed by atoms with E-state index in [0.29, 0.717) is 5.69 Å². The van der Waals surface area contributed by atoms with Crippen molar-refractivity contribution in [3.8, 4) is 11.5 Å². The van der Waals surface area contributed by atoms with Crippen molar-refractivity contribution < 1.29 is 18.0 Å². The van der Waals surface area contributed by atoms with Crippen LogP contribution in [0.15, 0.2) is 46.9 Å². The molecule has 1 amide bonds. The lowest BCUT2D eigenvalue weighted by Crippen LogP contribution is -2.27. The van der Waals surface area contributed by atoms with Crippen LogP contribution in [0.25, 0.3) is 11.5 Å². The SMILES string of the molecule is NC(=O)c1nc(-c2c(F)cccc2F)oc1Nc1cccc(N2CCCNCC2)c1. The number of nitrogens with one attached hydrogen (secondary N) is 2. The second-order valence-corrected chi connectivity index (χ2v) is 6.92. The Morgan fingerprint density at radius 3 is 2.67 bits per heavy atom. The summed E-state index contributed by atoms with van der Waals surface area (Å²) in [6.45, 7) is 3.66. The van der Waals surface area contributed by atoms with Crippen molar-refractivity contribution in [2.24, 2.45) is 5.73 Å². The van der Waals surface area contributed by atoms with Gasteiger partial charge in [0.1, 0.15) is 17.2 Å². The van der Waals surface area contributed by atoms with Gasteiger partial charge < -0.3 is 25.7 Å². The topological polar surface area (TPSA) is 96.4 Å². The Kier molecular flexibility index (Phi) is 5.62. The van der Waals surface area contributed by atoms with Gasteiger partial charge in [0, 0.05) is 31.0 Å². The fraction of sp³-hybridized carbons (Fsp3) is 0.238. The van der Waals surface area contributed by atoms with Crippen LogP contribution in [-0.4, -0.2) is 37.1 Å². The Bertz CT molecular complexity index is 1040. The zero-order valence-corrected chi connectivity index (χ0v) is 16.1. The predicted octanol–water partition coefficient (Wildman–Crippen LogP) is 3.26. The first-order valence-corrected chi connectivity index (χ1v) is 9.60. The molecule has 1 fully saturated rings. The predicted molar refractivity (Wildman–Crippen MR) is 110 cm³/mol. The Balaban J connectivity index is 1.65. The Hall–Kier alpha value is -3.46. The number of halogens is 2. The number of primary amides is 1. The number of nitrogens with zero attached hydrogens (tertiary/aromatic N) is 2. The molecule has 7 nitrogen and oxygen atoms in total. The molecule has 0 unspecified atom stereocenters. The van der Waals surface area contributed by atoms with Gasteiger partial charge in [0.25, 0.3) is 5.91 Å². The van der Waals surface area contributed by atoms with Crippen LogP contribution >= 0.6 is 0 Å². The van der Waals surface area contributed by atoms with E-state index in [4.69, 9.17) is 10.2 Å². The van der Waals surface area contributed by atoms with E-state index >= 15 is 0 Å². The summed E-state index contributed by atoms with van der Waals surface area (Å²) in [7, 11) is 0. The summed E-state index contributed by atoms with van der Waals surface area (Å²) >= 11 is 0. The molecule has 1 aliphatic heterocycles. The third-order valence-electron chi connectivity index (χ3n) is 4.85. The number of aromatic nitrogens is 1. The van der Waals surface area contributed by atoms with Gasteiger partial charge in [0.2, 0.25) is 11.8 Å². The number of anilines is 3. The average molecular weight is 413 g/mol. The van der Waals surface area contributed by atoms with Crippen LogP contribution in [0.3, 0.4) is 0 Å². The van der Waals surface area contributed by atoms with Crippen LogP contribution in [0, 0.1) is 11.6 Å². The standard InChI is InChI=1S/C21H21F2N5O2/c22-15-6-2-7-16(23)17(15)20-27-18(19(24)29)21(30-20)26-13-4-1-5-14(12-13)28-10-3-8-25-9-11-28/h1-2,4-7,12,25-26H,3,8-11H2,(H2,24,29). The number of nitrogens with two attached hydrogens (primary N) is 1. The summed E-state index contributed by atoms with van der Waals surface area (Å²) in [5.41, 5.74) is 6.33. The first-order valence-electron chi connectivity index (χ1n) is 9.60. The van der Waals surface area contributed by atoms with Crippen molar-refractivity contribution in [2.75, 3.05) is 36.4 Å². The quantitative estimate of drug-likeness (QED) is 0.594. The number of rotatable bonds is 5. The molecule has 4 N–H and O–H groups in total. The van der Waals surface area contributed by atoms with E-state index in [0.717, 1.165) is 50.4 Å². The van der Waals surface area contributed by atoms with Crippen molar-refractivity contribution in [3.63, 3.8) is 0 Å². The molecule has 1 aromatic heterocycles.